The molecule has 0 aromatic heterocycles. The minimum Gasteiger partial charge on any atom is -0.545 e. The molecule has 0 heterocycles. The summed E-state index contributed by atoms with van der Waals surface area (Å²) >= 11 is 5.98. The van der Waals surface area contributed by atoms with Crippen LogP contribution >= 0.6 is 11.6 Å². The molecule has 0 radical (unpaired) electrons. The van der Waals surface area contributed by atoms with Crippen LogP contribution < -0.4 is 21.3 Å². The van der Waals surface area contributed by atoms with Gasteiger partial charge < -0.3 is 15.2 Å². The molecule has 3 N–H and O–H groups in total. The van der Waals surface area contributed by atoms with Gasteiger partial charge in [0, 0.05) is 29.1 Å². The van der Waals surface area contributed by atoms with Gasteiger partial charge in [0.15, 0.2) is 0 Å². The minimum absolute atomic E-state index is 0.122. The lowest BCUT2D eigenvalue weighted by Gasteiger charge is -2.12. The Morgan fingerprint density at radius 1 is 0.893 bits per heavy atom. The predicted molar refractivity (Wildman–Crippen MR) is 100 cm³/mol. The lowest BCUT2D eigenvalue weighted by molar-refractivity contribution is -0.255. The Balaban J connectivity index is 1.83. The Bertz CT molecular complexity index is 930. The van der Waals surface area contributed by atoms with Crippen LogP contribution in [0.25, 0.3) is 0 Å². The highest BCUT2D eigenvalue weighted by Crippen LogP contribution is 2.23. The second kappa shape index (κ2) is 9.52. The Kier molecular flexibility index (Phi) is 7.11. The molecule has 0 spiro atoms. The van der Waals surface area contributed by atoms with Crippen LogP contribution in [0.2, 0.25) is 5.02 Å². The first-order chi connectivity index (χ1) is 13.3. The first kappa shape index (κ1) is 20.9. The fraction of sp³-hybridized carbons (Fsp3) is 0.158. The number of benzene rings is 2. The van der Waals surface area contributed by atoms with Gasteiger partial charge in [-0.1, -0.05) is 35.9 Å². The van der Waals surface area contributed by atoms with E-state index in [0.717, 1.165) is 0 Å². The number of carbonyl (C=O) groups is 4. The number of amides is 3. The summed E-state index contributed by atoms with van der Waals surface area (Å²) in [6.07, 6.45) is -0.308. The van der Waals surface area contributed by atoms with Crippen molar-refractivity contribution in [2.24, 2.45) is 0 Å². The fourth-order valence-electron chi connectivity index (χ4n) is 2.30. The summed E-state index contributed by atoms with van der Waals surface area (Å²) in [5.74, 6) is -3.33. The Hall–Kier alpha value is -3.39. The van der Waals surface area contributed by atoms with Crippen LogP contribution in [0.5, 0.6) is 0 Å². The molecule has 0 bridgehead atoms. The zero-order valence-corrected chi connectivity index (χ0v) is 15.6. The molecule has 2 rings (SSSR count). The van der Waals surface area contributed by atoms with Crippen molar-refractivity contribution in [3.05, 3.63) is 64.2 Å². The maximum absolute atomic E-state index is 12.0. The quantitative estimate of drug-likeness (QED) is 0.625. The molecule has 3 amide bonds. The van der Waals surface area contributed by atoms with Gasteiger partial charge in [-0.25, -0.2) is 0 Å². The van der Waals surface area contributed by atoms with E-state index in [1.807, 2.05) is 0 Å². The summed E-state index contributed by atoms with van der Waals surface area (Å²) < 4.78 is 0. The van der Waals surface area contributed by atoms with Gasteiger partial charge in [0.25, 0.3) is 5.91 Å². The number of aromatic carboxylic acids is 1. The maximum atomic E-state index is 12.0. The molecule has 0 aliphatic rings. The molecule has 9 heteroatoms. The van der Waals surface area contributed by atoms with E-state index in [2.05, 4.69) is 16.2 Å². The van der Waals surface area contributed by atoms with Crippen molar-refractivity contribution in [3.8, 4) is 0 Å². The summed E-state index contributed by atoms with van der Waals surface area (Å²) in [7, 11) is 0. The molecular formula is C19H17ClN3O5-. The number of halogens is 1. The van der Waals surface area contributed by atoms with Crippen molar-refractivity contribution in [1.29, 1.82) is 0 Å². The third-order valence-corrected chi connectivity index (χ3v) is 4.24. The third kappa shape index (κ3) is 5.55. The number of carboxylic acid groups (broad SMARTS) is 1. The lowest BCUT2D eigenvalue weighted by Crippen LogP contribution is -2.42. The van der Waals surface area contributed by atoms with Gasteiger partial charge in [-0.05, 0) is 30.7 Å². The SMILES string of the molecule is Cc1c(Cl)cccc1NC(=O)CCC(=O)NNC(=O)c1ccccc1C(=O)[O-]. The molecule has 0 aliphatic heterocycles. The van der Waals surface area contributed by atoms with Crippen LogP contribution in [0.15, 0.2) is 42.5 Å². The first-order valence-electron chi connectivity index (χ1n) is 8.24. The number of rotatable bonds is 6. The van der Waals surface area contributed by atoms with Crippen molar-refractivity contribution in [3.63, 3.8) is 0 Å². The summed E-state index contributed by atoms with van der Waals surface area (Å²) in [5, 5.41) is 14.2. The predicted octanol–water partition coefficient (Wildman–Crippen LogP) is 1.19. The molecule has 146 valence electrons. The van der Waals surface area contributed by atoms with E-state index in [1.165, 1.54) is 24.3 Å². The number of hydrazine groups is 1. The third-order valence-electron chi connectivity index (χ3n) is 3.83. The molecule has 0 atom stereocenters. The molecule has 0 aliphatic carbocycles. The maximum Gasteiger partial charge on any atom is 0.270 e. The number of hydrogen-bond acceptors (Lipinski definition) is 5. The van der Waals surface area contributed by atoms with Crippen LogP contribution in [0, 0.1) is 6.92 Å². The molecule has 2 aromatic rings. The van der Waals surface area contributed by atoms with Gasteiger partial charge >= 0.3 is 0 Å². The van der Waals surface area contributed by atoms with Gasteiger partial charge in [0.05, 0.1) is 11.5 Å². The van der Waals surface area contributed by atoms with Crippen LogP contribution in [0.1, 0.15) is 39.1 Å². The molecule has 0 saturated carbocycles. The Labute approximate surface area is 165 Å². The summed E-state index contributed by atoms with van der Waals surface area (Å²) in [4.78, 5) is 46.8. The molecular weight excluding hydrogens is 386 g/mol. The second-order valence-corrected chi connectivity index (χ2v) is 6.20. The first-order valence-corrected chi connectivity index (χ1v) is 8.62. The summed E-state index contributed by atoms with van der Waals surface area (Å²) in [5.41, 5.74) is 5.04. The largest absolute Gasteiger partial charge is 0.545 e. The Morgan fingerprint density at radius 3 is 2.21 bits per heavy atom. The van der Waals surface area contributed by atoms with Crippen LogP contribution in [-0.2, 0) is 9.59 Å². The second-order valence-electron chi connectivity index (χ2n) is 5.80. The summed E-state index contributed by atoms with van der Waals surface area (Å²) in [6, 6.07) is 10.5. The number of carboxylic acids is 1. The number of nitrogens with one attached hydrogen (secondary N) is 3. The van der Waals surface area contributed by atoms with E-state index in [1.54, 1.807) is 25.1 Å². The van der Waals surface area contributed by atoms with Crippen molar-refractivity contribution in [1.82, 2.24) is 10.9 Å². The highest BCUT2D eigenvalue weighted by molar-refractivity contribution is 6.31. The average molecular weight is 403 g/mol. The van der Waals surface area contributed by atoms with Gasteiger partial charge in [-0.2, -0.15) is 0 Å². The van der Waals surface area contributed by atoms with E-state index < -0.39 is 23.7 Å². The lowest BCUT2D eigenvalue weighted by atomic mass is 10.1. The van der Waals surface area contributed by atoms with Gasteiger partial charge in [0.1, 0.15) is 0 Å². The smallest absolute Gasteiger partial charge is 0.270 e. The molecule has 0 fully saturated rings. The van der Waals surface area contributed by atoms with E-state index in [9.17, 15) is 24.3 Å². The van der Waals surface area contributed by atoms with Gasteiger partial charge in [-0.15, -0.1) is 0 Å². The highest BCUT2D eigenvalue weighted by Gasteiger charge is 2.13. The standard InChI is InChI=1S/C19H18ClN3O5/c1-11-14(20)7-4-8-15(11)21-16(24)9-10-17(25)22-23-18(26)12-5-2-3-6-13(12)19(27)28/h2-8H,9-10H2,1H3,(H,21,24)(H,22,25)(H,23,26)(H,27,28)/p-1. The zero-order valence-electron chi connectivity index (χ0n) is 14.9. The van der Waals surface area contributed by atoms with Crippen molar-refractivity contribution in [2.45, 2.75) is 19.8 Å². The monoisotopic (exact) mass is 402 g/mol. The summed E-state index contributed by atoms with van der Waals surface area (Å²) in [6.45, 7) is 1.75. The molecule has 8 nitrogen and oxygen atoms in total. The topological polar surface area (TPSA) is 127 Å². The average Bonchev–Trinajstić information content (AvgIpc) is 2.68. The van der Waals surface area contributed by atoms with Crippen molar-refractivity contribution in [2.75, 3.05) is 5.32 Å². The number of hydrogen-bond donors (Lipinski definition) is 3. The van der Waals surface area contributed by atoms with E-state index in [-0.39, 0.29) is 24.0 Å². The van der Waals surface area contributed by atoms with Crippen LogP contribution in [0.4, 0.5) is 5.69 Å². The number of carbonyl (C=O) groups excluding carboxylic acids is 4. The van der Waals surface area contributed by atoms with E-state index in [0.29, 0.717) is 16.3 Å². The fourth-order valence-corrected chi connectivity index (χ4v) is 2.47. The molecule has 0 saturated heterocycles. The molecule has 2 aromatic carbocycles. The number of anilines is 1. The Morgan fingerprint density at radius 2 is 1.54 bits per heavy atom. The molecule has 28 heavy (non-hydrogen) atoms. The van der Waals surface area contributed by atoms with Crippen LogP contribution in [-0.4, -0.2) is 23.7 Å². The van der Waals surface area contributed by atoms with E-state index in [4.69, 9.17) is 11.6 Å². The van der Waals surface area contributed by atoms with Crippen molar-refractivity contribution < 1.29 is 24.3 Å². The zero-order chi connectivity index (χ0) is 20.7. The normalized spacial score (nSPS) is 10.1. The van der Waals surface area contributed by atoms with Gasteiger partial charge in [0.2, 0.25) is 11.8 Å². The minimum atomic E-state index is -1.51. The molecule has 0 unspecified atom stereocenters. The van der Waals surface area contributed by atoms with Crippen molar-refractivity contribution >= 4 is 41.0 Å². The highest BCUT2D eigenvalue weighted by atomic mass is 35.5. The van der Waals surface area contributed by atoms with Crippen LogP contribution in [0.3, 0.4) is 0 Å². The van der Waals surface area contributed by atoms with Gasteiger partial charge in [-0.3, -0.25) is 25.2 Å². The van der Waals surface area contributed by atoms with E-state index >= 15 is 0 Å².